The van der Waals surface area contributed by atoms with Gasteiger partial charge in [0, 0.05) is 23.3 Å². The van der Waals surface area contributed by atoms with Crippen LogP contribution in [0.3, 0.4) is 0 Å². The molecule has 19 heavy (non-hydrogen) atoms. The molecule has 0 aliphatic heterocycles. The summed E-state index contributed by atoms with van der Waals surface area (Å²) in [7, 11) is 0. The Morgan fingerprint density at radius 1 is 1.00 bits per heavy atom. The normalized spacial score (nSPS) is 10.9. The summed E-state index contributed by atoms with van der Waals surface area (Å²) in [5, 5.41) is 2.58. The van der Waals surface area contributed by atoms with Crippen molar-refractivity contribution >= 4 is 22.4 Å². The maximum absolute atomic E-state index is 6.24. The number of rotatable bonds is 1. The first-order valence-electron chi connectivity index (χ1n) is 6.00. The van der Waals surface area contributed by atoms with Gasteiger partial charge in [-0.2, -0.15) is 0 Å². The van der Waals surface area contributed by atoms with Crippen LogP contribution in [0.4, 0.5) is 0 Å². The molecule has 2 aromatic heterocycles. The van der Waals surface area contributed by atoms with Gasteiger partial charge in [0.25, 0.3) is 0 Å². The van der Waals surface area contributed by atoms with Crippen molar-refractivity contribution in [3.8, 4) is 11.3 Å². The molecule has 1 aromatic carbocycles. The summed E-state index contributed by atoms with van der Waals surface area (Å²) in [4.78, 5) is 13.1. The van der Waals surface area contributed by atoms with Gasteiger partial charge in [-0.25, -0.2) is 9.97 Å². The molecule has 0 spiro atoms. The van der Waals surface area contributed by atoms with Gasteiger partial charge in [0.05, 0.1) is 11.4 Å². The summed E-state index contributed by atoms with van der Waals surface area (Å²) < 4.78 is 0. The maximum atomic E-state index is 6.24. The molecule has 4 heteroatoms. The molecule has 0 aliphatic carbocycles. The monoisotopic (exact) mass is 269 g/mol. The molecule has 94 valence electrons. The van der Waals surface area contributed by atoms with E-state index in [4.69, 9.17) is 11.6 Å². The number of aromatic nitrogens is 3. The van der Waals surface area contributed by atoms with Crippen LogP contribution in [0.25, 0.3) is 22.0 Å². The van der Waals surface area contributed by atoms with E-state index in [9.17, 15) is 0 Å². The number of nitrogens with zero attached hydrogens (tertiary/aromatic N) is 3. The van der Waals surface area contributed by atoms with Crippen molar-refractivity contribution in [1.29, 1.82) is 0 Å². The Labute approximate surface area is 116 Å². The lowest BCUT2D eigenvalue weighted by Gasteiger charge is -2.09. The third kappa shape index (κ3) is 2.06. The first-order chi connectivity index (χ1) is 9.16. The second kappa shape index (κ2) is 4.59. The smallest absolute Gasteiger partial charge is 0.155 e. The molecule has 0 radical (unpaired) electrons. The van der Waals surface area contributed by atoms with E-state index >= 15 is 0 Å². The molecular formula is C15H12ClN3. The standard InChI is InChI=1S/C15H12ClN3/c1-9-10(2)19-15(16)14(18-9)12-5-3-4-11-6-7-17-8-13(11)12/h3-8H,1-2H3. The Kier molecular flexibility index (Phi) is 2.91. The summed E-state index contributed by atoms with van der Waals surface area (Å²) in [6.45, 7) is 3.84. The molecule has 0 unspecified atom stereocenters. The van der Waals surface area contributed by atoms with Gasteiger partial charge >= 0.3 is 0 Å². The minimum absolute atomic E-state index is 0.430. The number of pyridine rings is 1. The average molecular weight is 270 g/mol. The Balaban J connectivity index is 2.33. The number of fused-ring (bicyclic) bond motifs is 1. The van der Waals surface area contributed by atoms with Crippen molar-refractivity contribution in [3.63, 3.8) is 0 Å². The van der Waals surface area contributed by atoms with E-state index in [2.05, 4.69) is 15.0 Å². The number of halogens is 1. The Bertz CT molecular complexity index is 763. The van der Waals surface area contributed by atoms with Gasteiger partial charge in [0.1, 0.15) is 5.69 Å². The number of hydrogen-bond donors (Lipinski definition) is 0. The molecule has 0 saturated carbocycles. The highest BCUT2D eigenvalue weighted by atomic mass is 35.5. The van der Waals surface area contributed by atoms with Crippen LogP contribution in [-0.4, -0.2) is 15.0 Å². The van der Waals surface area contributed by atoms with Crippen LogP contribution >= 0.6 is 11.6 Å². The second-order valence-corrected chi connectivity index (χ2v) is 4.79. The van der Waals surface area contributed by atoms with Gasteiger partial charge < -0.3 is 0 Å². The van der Waals surface area contributed by atoms with Crippen LogP contribution in [0, 0.1) is 13.8 Å². The van der Waals surface area contributed by atoms with Crippen LogP contribution in [0.5, 0.6) is 0 Å². The minimum Gasteiger partial charge on any atom is -0.264 e. The van der Waals surface area contributed by atoms with Gasteiger partial charge in [-0.3, -0.25) is 4.98 Å². The molecule has 3 rings (SSSR count). The molecule has 0 fully saturated rings. The van der Waals surface area contributed by atoms with Gasteiger partial charge in [0.2, 0.25) is 0 Å². The first-order valence-corrected chi connectivity index (χ1v) is 6.38. The summed E-state index contributed by atoms with van der Waals surface area (Å²) in [5.41, 5.74) is 3.42. The second-order valence-electron chi connectivity index (χ2n) is 4.44. The molecule has 0 amide bonds. The van der Waals surface area contributed by atoms with E-state index in [0.717, 1.165) is 27.7 Å². The number of hydrogen-bond acceptors (Lipinski definition) is 3. The van der Waals surface area contributed by atoms with Crippen molar-refractivity contribution < 1.29 is 0 Å². The summed E-state index contributed by atoms with van der Waals surface area (Å²) in [6, 6.07) is 8.00. The fraction of sp³-hybridized carbons (Fsp3) is 0.133. The van der Waals surface area contributed by atoms with Crippen molar-refractivity contribution in [2.75, 3.05) is 0 Å². The fourth-order valence-electron chi connectivity index (χ4n) is 2.07. The maximum Gasteiger partial charge on any atom is 0.155 e. The fourth-order valence-corrected chi connectivity index (χ4v) is 2.34. The molecule has 0 bridgehead atoms. The topological polar surface area (TPSA) is 38.7 Å². The number of aryl methyl sites for hydroxylation is 2. The third-order valence-electron chi connectivity index (χ3n) is 3.20. The molecular weight excluding hydrogens is 258 g/mol. The van der Waals surface area contributed by atoms with Crippen molar-refractivity contribution in [1.82, 2.24) is 15.0 Å². The van der Waals surface area contributed by atoms with Crippen LogP contribution < -0.4 is 0 Å². The Hall–Kier alpha value is -2.00. The molecule has 2 heterocycles. The lowest BCUT2D eigenvalue weighted by atomic mass is 10.0. The molecule has 0 atom stereocenters. The Morgan fingerprint density at radius 3 is 2.63 bits per heavy atom. The average Bonchev–Trinajstić information content (AvgIpc) is 2.42. The minimum atomic E-state index is 0.430. The van der Waals surface area contributed by atoms with Crippen molar-refractivity contribution in [2.45, 2.75) is 13.8 Å². The van der Waals surface area contributed by atoms with E-state index in [0.29, 0.717) is 10.8 Å². The largest absolute Gasteiger partial charge is 0.264 e. The van der Waals surface area contributed by atoms with Crippen LogP contribution in [-0.2, 0) is 0 Å². The van der Waals surface area contributed by atoms with E-state index in [1.54, 1.807) is 6.20 Å². The van der Waals surface area contributed by atoms with E-state index < -0.39 is 0 Å². The molecule has 3 aromatic rings. The van der Waals surface area contributed by atoms with Gasteiger partial charge in [-0.15, -0.1) is 0 Å². The highest BCUT2D eigenvalue weighted by Gasteiger charge is 2.12. The first kappa shape index (κ1) is 12.1. The van der Waals surface area contributed by atoms with Gasteiger partial charge in [-0.1, -0.05) is 29.8 Å². The van der Waals surface area contributed by atoms with E-state index in [-0.39, 0.29) is 0 Å². The third-order valence-corrected chi connectivity index (χ3v) is 3.47. The van der Waals surface area contributed by atoms with Gasteiger partial charge in [-0.05, 0) is 25.3 Å². The molecule has 0 saturated heterocycles. The lowest BCUT2D eigenvalue weighted by Crippen LogP contribution is -1.97. The van der Waals surface area contributed by atoms with Crippen LogP contribution in [0.15, 0.2) is 36.7 Å². The highest BCUT2D eigenvalue weighted by molar-refractivity contribution is 6.32. The van der Waals surface area contributed by atoms with Crippen molar-refractivity contribution in [3.05, 3.63) is 53.2 Å². The zero-order chi connectivity index (χ0) is 13.4. The SMILES string of the molecule is Cc1nc(Cl)c(-c2cccc3ccncc23)nc1C. The predicted octanol–water partition coefficient (Wildman–Crippen LogP) is 3.96. The zero-order valence-corrected chi connectivity index (χ0v) is 11.4. The molecule has 0 N–H and O–H groups in total. The lowest BCUT2D eigenvalue weighted by molar-refractivity contribution is 1.05. The summed E-state index contributed by atoms with van der Waals surface area (Å²) >= 11 is 6.24. The van der Waals surface area contributed by atoms with Gasteiger partial charge in [0.15, 0.2) is 5.15 Å². The van der Waals surface area contributed by atoms with E-state index in [1.165, 1.54) is 0 Å². The summed E-state index contributed by atoms with van der Waals surface area (Å²) in [6.07, 6.45) is 3.61. The van der Waals surface area contributed by atoms with E-state index in [1.807, 2.05) is 44.3 Å². The zero-order valence-electron chi connectivity index (χ0n) is 10.7. The predicted molar refractivity (Wildman–Crippen MR) is 77.3 cm³/mol. The summed E-state index contributed by atoms with van der Waals surface area (Å²) in [5.74, 6) is 0. The highest BCUT2D eigenvalue weighted by Crippen LogP contribution is 2.31. The van der Waals surface area contributed by atoms with Crippen LogP contribution in [0.2, 0.25) is 5.15 Å². The quantitative estimate of drug-likeness (QED) is 0.671. The molecule has 0 aliphatic rings. The Morgan fingerprint density at radius 2 is 1.79 bits per heavy atom. The van der Waals surface area contributed by atoms with Crippen molar-refractivity contribution in [2.24, 2.45) is 0 Å². The van der Waals surface area contributed by atoms with Crippen LogP contribution in [0.1, 0.15) is 11.4 Å². The molecule has 3 nitrogen and oxygen atoms in total. The number of benzene rings is 1.